The van der Waals surface area contributed by atoms with E-state index in [-0.39, 0.29) is 6.61 Å². The Bertz CT molecular complexity index is 374. The van der Waals surface area contributed by atoms with E-state index >= 15 is 0 Å². The molecule has 3 nitrogen and oxygen atoms in total. The molecule has 4 heteroatoms. The van der Waals surface area contributed by atoms with Crippen molar-refractivity contribution in [2.45, 2.75) is 19.9 Å². The predicted molar refractivity (Wildman–Crippen MR) is 67.2 cm³/mol. The minimum atomic E-state index is 0.0868. The molecule has 0 saturated carbocycles. The second kappa shape index (κ2) is 7.26. The Morgan fingerprint density at radius 1 is 1.50 bits per heavy atom. The number of hydrogen-bond donors (Lipinski definition) is 1. The van der Waals surface area contributed by atoms with Crippen molar-refractivity contribution >= 4 is 15.9 Å². The van der Waals surface area contributed by atoms with Crippen molar-refractivity contribution in [3.8, 4) is 11.8 Å². The Kier molecular flexibility index (Phi) is 5.91. The summed E-state index contributed by atoms with van der Waals surface area (Å²) in [5.41, 5.74) is 1.14. The lowest BCUT2D eigenvalue weighted by Crippen LogP contribution is -2.14. The summed E-state index contributed by atoms with van der Waals surface area (Å²) in [5, 5.41) is 11.8. The molecule has 86 valence electrons. The van der Waals surface area contributed by atoms with Gasteiger partial charge < -0.3 is 10.1 Å². The van der Waals surface area contributed by atoms with Gasteiger partial charge in [0.1, 0.15) is 11.8 Å². The molecule has 0 aliphatic rings. The van der Waals surface area contributed by atoms with Gasteiger partial charge in [-0.1, -0.05) is 22.9 Å². The van der Waals surface area contributed by atoms with E-state index in [0.717, 1.165) is 35.3 Å². The lowest BCUT2D eigenvalue weighted by molar-refractivity contribution is 0.367. The van der Waals surface area contributed by atoms with Crippen molar-refractivity contribution in [3.05, 3.63) is 28.2 Å². The topological polar surface area (TPSA) is 45.0 Å². The normalized spacial score (nSPS) is 9.81. The van der Waals surface area contributed by atoms with Gasteiger partial charge in [-0.15, -0.1) is 0 Å². The number of rotatable bonds is 6. The van der Waals surface area contributed by atoms with Crippen LogP contribution in [0.4, 0.5) is 0 Å². The van der Waals surface area contributed by atoms with Crippen molar-refractivity contribution in [1.29, 1.82) is 5.26 Å². The quantitative estimate of drug-likeness (QED) is 0.816. The van der Waals surface area contributed by atoms with E-state index in [1.807, 2.05) is 24.3 Å². The van der Waals surface area contributed by atoms with Gasteiger partial charge in [0.15, 0.2) is 6.61 Å². The monoisotopic (exact) mass is 282 g/mol. The second-order valence-electron chi connectivity index (χ2n) is 3.38. The minimum absolute atomic E-state index is 0.0868. The number of ether oxygens (including phenoxy) is 1. The molecule has 1 aromatic carbocycles. The van der Waals surface area contributed by atoms with Crippen molar-refractivity contribution in [3.63, 3.8) is 0 Å². The third-order valence-electron chi connectivity index (χ3n) is 2.06. The van der Waals surface area contributed by atoms with Crippen LogP contribution in [-0.2, 0) is 6.54 Å². The fraction of sp³-hybridized carbons (Fsp3) is 0.417. The first-order chi connectivity index (χ1) is 7.77. The fourth-order valence-electron chi connectivity index (χ4n) is 1.29. The van der Waals surface area contributed by atoms with Crippen LogP contribution in [0.2, 0.25) is 0 Å². The zero-order chi connectivity index (χ0) is 11.8. The predicted octanol–water partition coefficient (Wildman–Crippen LogP) is 2.85. The molecule has 0 radical (unpaired) electrons. The fourth-order valence-corrected chi connectivity index (χ4v) is 1.68. The Balaban J connectivity index is 2.63. The van der Waals surface area contributed by atoms with Crippen LogP contribution in [0.15, 0.2) is 22.7 Å². The van der Waals surface area contributed by atoms with Gasteiger partial charge in [-0.05, 0) is 36.7 Å². The molecule has 0 bridgehead atoms. The molecule has 0 spiro atoms. The van der Waals surface area contributed by atoms with E-state index in [1.54, 1.807) is 0 Å². The second-order valence-corrected chi connectivity index (χ2v) is 4.23. The number of nitrogens with zero attached hydrogens (tertiary/aromatic N) is 1. The summed E-state index contributed by atoms with van der Waals surface area (Å²) in [7, 11) is 0. The molecule has 1 rings (SSSR count). The Morgan fingerprint density at radius 2 is 2.31 bits per heavy atom. The molecular formula is C12H15BrN2O. The van der Waals surface area contributed by atoms with Crippen molar-refractivity contribution in [2.75, 3.05) is 13.2 Å². The summed E-state index contributed by atoms with van der Waals surface area (Å²) in [6.07, 6.45) is 1.11. The van der Waals surface area contributed by atoms with Crippen molar-refractivity contribution < 1.29 is 4.74 Å². The van der Waals surface area contributed by atoms with E-state index < -0.39 is 0 Å². The summed E-state index contributed by atoms with van der Waals surface area (Å²) >= 11 is 3.49. The first-order valence-electron chi connectivity index (χ1n) is 5.26. The van der Waals surface area contributed by atoms with Gasteiger partial charge in [0.2, 0.25) is 0 Å². The minimum Gasteiger partial charge on any atom is -0.479 e. The van der Waals surface area contributed by atoms with Crippen LogP contribution in [0.25, 0.3) is 0 Å². The standard InChI is InChI=1S/C12H15BrN2O/c1-2-6-15-9-10-8-11(16-7-5-14)3-4-12(10)13/h3-4,8,15H,2,6-7,9H2,1H3. The summed E-state index contributed by atoms with van der Waals surface area (Å²) in [4.78, 5) is 0. The summed E-state index contributed by atoms with van der Waals surface area (Å²) < 4.78 is 6.30. The first-order valence-corrected chi connectivity index (χ1v) is 6.06. The number of nitriles is 1. The van der Waals surface area contributed by atoms with E-state index in [0.29, 0.717) is 0 Å². The van der Waals surface area contributed by atoms with Gasteiger partial charge in [-0.25, -0.2) is 0 Å². The molecule has 0 saturated heterocycles. The molecule has 0 unspecified atom stereocenters. The maximum atomic E-state index is 8.43. The third kappa shape index (κ3) is 4.21. The SMILES string of the molecule is CCCNCc1cc(OCC#N)ccc1Br. The van der Waals surface area contributed by atoms with E-state index in [9.17, 15) is 0 Å². The average molecular weight is 283 g/mol. The summed E-state index contributed by atoms with van der Waals surface area (Å²) in [6.45, 7) is 4.02. The average Bonchev–Trinajstić information content (AvgIpc) is 2.30. The van der Waals surface area contributed by atoms with Crippen LogP contribution >= 0.6 is 15.9 Å². The zero-order valence-electron chi connectivity index (χ0n) is 9.29. The van der Waals surface area contributed by atoms with Crippen LogP contribution in [0.3, 0.4) is 0 Å². The lowest BCUT2D eigenvalue weighted by atomic mass is 10.2. The molecular weight excluding hydrogens is 268 g/mol. The number of benzene rings is 1. The van der Waals surface area contributed by atoms with Gasteiger partial charge in [-0.2, -0.15) is 5.26 Å². The van der Waals surface area contributed by atoms with E-state index in [1.165, 1.54) is 0 Å². The first kappa shape index (κ1) is 13.0. The van der Waals surface area contributed by atoms with Crippen molar-refractivity contribution in [2.24, 2.45) is 0 Å². The summed E-state index contributed by atoms with van der Waals surface area (Å²) in [5.74, 6) is 0.734. The van der Waals surface area contributed by atoms with Gasteiger partial charge in [0.25, 0.3) is 0 Å². The van der Waals surface area contributed by atoms with Crippen LogP contribution in [0, 0.1) is 11.3 Å². The molecule has 0 atom stereocenters. The van der Waals surface area contributed by atoms with Gasteiger partial charge in [0, 0.05) is 11.0 Å². The highest BCUT2D eigenvalue weighted by Gasteiger charge is 2.02. The highest BCUT2D eigenvalue weighted by molar-refractivity contribution is 9.10. The van der Waals surface area contributed by atoms with E-state index in [2.05, 4.69) is 28.2 Å². The molecule has 0 fully saturated rings. The molecule has 0 heterocycles. The Labute approximate surface area is 105 Å². The molecule has 1 aromatic rings. The van der Waals surface area contributed by atoms with Crippen LogP contribution < -0.4 is 10.1 Å². The summed E-state index contributed by atoms with van der Waals surface area (Å²) in [6, 6.07) is 7.69. The van der Waals surface area contributed by atoms with Gasteiger partial charge in [-0.3, -0.25) is 0 Å². The number of halogens is 1. The number of nitrogens with one attached hydrogen (secondary N) is 1. The molecule has 0 aromatic heterocycles. The molecule has 1 N–H and O–H groups in total. The largest absolute Gasteiger partial charge is 0.479 e. The maximum absolute atomic E-state index is 8.43. The smallest absolute Gasteiger partial charge is 0.174 e. The highest BCUT2D eigenvalue weighted by atomic mass is 79.9. The van der Waals surface area contributed by atoms with Gasteiger partial charge in [0.05, 0.1) is 0 Å². The molecule has 16 heavy (non-hydrogen) atoms. The third-order valence-corrected chi connectivity index (χ3v) is 2.84. The zero-order valence-corrected chi connectivity index (χ0v) is 10.9. The maximum Gasteiger partial charge on any atom is 0.174 e. The van der Waals surface area contributed by atoms with Crippen LogP contribution in [-0.4, -0.2) is 13.2 Å². The number of hydrogen-bond acceptors (Lipinski definition) is 3. The molecule has 0 aliphatic heterocycles. The molecule has 0 aliphatic carbocycles. The lowest BCUT2D eigenvalue weighted by Gasteiger charge is -2.08. The van der Waals surface area contributed by atoms with Crippen molar-refractivity contribution in [1.82, 2.24) is 5.32 Å². The van der Waals surface area contributed by atoms with Crippen LogP contribution in [0.1, 0.15) is 18.9 Å². The molecule has 0 amide bonds. The van der Waals surface area contributed by atoms with Gasteiger partial charge >= 0.3 is 0 Å². The highest BCUT2D eigenvalue weighted by Crippen LogP contribution is 2.22. The Morgan fingerprint density at radius 3 is 3.00 bits per heavy atom. The Hall–Kier alpha value is -1.05. The van der Waals surface area contributed by atoms with E-state index in [4.69, 9.17) is 10.00 Å². The van der Waals surface area contributed by atoms with Crippen LogP contribution in [0.5, 0.6) is 5.75 Å².